The molecule has 2 aliphatic rings. The first-order chi connectivity index (χ1) is 21.8. The number of nitrogens with one attached hydrogen (secondary N) is 1. The average molecular weight is 643 g/mol. The molecule has 0 spiro atoms. The number of amides is 2. The van der Waals surface area contributed by atoms with Gasteiger partial charge < -0.3 is 15.0 Å². The number of benzene rings is 2. The summed E-state index contributed by atoms with van der Waals surface area (Å²) < 4.78 is 20.5. The molecule has 1 aromatic heterocycles. The van der Waals surface area contributed by atoms with Crippen LogP contribution in [0.3, 0.4) is 0 Å². The third-order valence-electron chi connectivity index (χ3n) is 8.22. The Bertz CT molecular complexity index is 1770. The summed E-state index contributed by atoms with van der Waals surface area (Å²) in [6.07, 6.45) is 5.26. The summed E-state index contributed by atoms with van der Waals surface area (Å²) >= 11 is 6.02. The van der Waals surface area contributed by atoms with Gasteiger partial charge in [-0.3, -0.25) is 19.4 Å². The zero-order valence-electron chi connectivity index (χ0n) is 26.3. The molecule has 0 radical (unpaired) electrons. The van der Waals surface area contributed by atoms with Gasteiger partial charge >= 0.3 is 5.97 Å². The zero-order valence-corrected chi connectivity index (χ0v) is 27.1. The topological polar surface area (TPSA) is 112 Å². The van der Waals surface area contributed by atoms with Crippen LogP contribution in [0.15, 0.2) is 54.7 Å². The number of aromatic nitrogens is 1. The van der Waals surface area contributed by atoms with Crippen molar-refractivity contribution in [3.8, 4) is 17.2 Å². The van der Waals surface area contributed by atoms with Gasteiger partial charge in [0.2, 0.25) is 11.8 Å². The minimum atomic E-state index is -0.714. The maximum Gasteiger partial charge on any atom is 0.310 e. The van der Waals surface area contributed by atoms with Crippen LogP contribution in [0, 0.1) is 23.1 Å². The van der Waals surface area contributed by atoms with Crippen LogP contribution >= 0.6 is 11.6 Å². The third-order valence-corrected chi connectivity index (χ3v) is 8.51. The largest absolute Gasteiger partial charge is 0.460 e. The second kappa shape index (κ2) is 13.4. The van der Waals surface area contributed by atoms with Gasteiger partial charge in [0.15, 0.2) is 5.82 Å². The van der Waals surface area contributed by atoms with E-state index in [0.717, 1.165) is 11.1 Å². The molecular weight excluding hydrogens is 607 g/mol. The van der Waals surface area contributed by atoms with Gasteiger partial charge in [0, 0.05) is 41.5 Å². The van der Waals surface area contributed by atoms with E-state index in [1.165, 1.54) is 18.2 Å². The van der Waals surface area contributed by atoms with E-state index in [0.29, 0.717) is 54.7 Å². The van der Waals surface area contributed by atoms with Crippen LogP contribution in [-0.2, 0) is 25.5 Å². The molecule has 0 saturated carbocycles. The van der Waals surface area contributed by atoms with Gasteiger partial charge in [-0.05, 0) is 87.1 Å². The minimum absolute atomic E-state index is 0.0567. The first-order valence-electron chi connectivity index (χ1n) is 15.4. The highest BCUT2D eigenvalue weighted by Gasteiger charge is 2.31. The molecule has 8 nitrogen and oxygen atoms in total. The molecular formula is C36H36ClFN4O4. The van der Waals surface area contributed by atoms with Crippen molar-refractivity contribution in [1.82, 2.24) is 9.88 Å². The first kappa shape index (κ1) is 32.8. The molecule has 2 atom stereocenters. The Labute approximate surface area is 273 Å². The Morgan fingerprint density at radius 1 is 1.17 bits per heavy atom. The molecule has 238 valence electrons. The quantitative estimate of drug-likeness (QED) is 0.297. The SMILES string of the molecule is C[C@@H]1CCC[C@H](N2CCC(c3c(C#N)ccc(Cl)c3F)=CC2=O)c2cc(ccn2)-c2ccc(CC(=O)OC(C)(C)C)cc2NC1=O. The molecule has 10 heteroatoms. The number of rotatable bonds is 4. The van der Waals surface area contributed by atoms with E-state index in [1.807, 2.05) is 58.0 Å². The van der Waals surface area contributed by atoms with E-state index < -0.39 is 17.5 Å². The monoisotopic (exact) mass is 642 g/mol. The Kier molecular flexibility index (Phi) is 9.59. The van der Waals surface area contributed by atoms with Crippen molar-refractivity contribution in [2.75, 3.05) is 11.9 Å². The number of nitriles is 1. The highest BCUT2D eigenvalue weighted by atomic mass is 35.5. The molecule has 46 heavy (non-hydrogen) atoms. The smallest absolute Gasteiger partial charge is 0.310 e. The number of hydrogen-bond donors (Lipinski definition) is 1. The molecule has 2 aliphatic heterocycles. The molecule has 2 amide bonds. The van der Waals surface area contributed by atoms with E-state index in [1.54, 1.807) is 17.2 Å². The van der Waals surface area contributed by atoms with E-state index in [4.69, 9.17) is 16.3 Å². The second-order valence-electron chi connectivity index (χ2n) is 12.8. The number of anilines is 1. The van der Waals surface area contributed by atoms with E-state index in [9.17, 15) is 19.6 Å². The highest BCUT2D eigenvalue weighted by molar-refractivity contribution is 6.31. The van der Waals surface area contributed by atoms with Crippen LogP contribution in [0.5, 0.6) is 0 Å². The second-order valence-corrected chi connectivity index (χ2v) is 13.2. The fourth-order valence-electron chi connectivity index (χ4n) is 5.99. The van der Waals surface area contributed by atoms with Crippen molar-refractivity contribution in [3.63, 3.8) is 0 Å². The summed E-state index contributed by atoms with van der Waals surface area (Å²) in [6.45, 7) is 7.60. The van der Waals surface area contributed by atoms with Crippen LogP contribution in [0.25, 0.3) is 16.7 Å². The normalized spacial score (nSPS) is 18.7. The van der Waals surface area contributed by atoms with Gasteiger partial charge in [-0.15, -0.1) is 0 Å². The summed E-state index contributed by atoms with van der Waals surface area (Å²) in [5.74, 6) is -1.84. The Hall–Kier alpha value is -4.55. The third kappa shape index (κ3) is 7.29. The number of nitrogens with zero attached hydrogens (tertiary/aromatic N) is 3. The van der Waals surface area contributed by atoms with Crippen molar-refractivity contribution in [1.29, 1.82) is 5.26 Å². The van der Waals surface area contributed by atoms with Gasteiger partial charge in [-0.2, -0.15) is 5.26 Å². The van der Waals surface area contributed by atoms with Gasteiger partial charge in [0.05, 0.1) is 34.8 Å². The van der Waals surface area contributed by atoms with Crippen molar-refractivity contribution in [2.45, 2.75) is 71.4 Å². The maximum atomic E-state index is 15.0. The number of pyridine rings is 1. The number of hydrogen-bond acceptors (Lipinski definition) is 6. The Morgan fingerprint density at radius 3 is 2.67 bits per heavy atom. The molecule has 0 aliphatic carbocycles. The van der Waals surface area contributed by atoms with Crippen molar-refractivity contribution in [3.05, 3.63) is 88.0 Å². The molecule has 5 rings (SSSR count). The van der Waals surface area contributed by atoms with Gasteiger partial charge in [-0.1, -0.05) is 37.1 Å². The van der Waals surface area contributed by atoms with E-state index in [2.05, 4.69) is 10.3 Å². The average Bonchev–Trinajstić information content (AvgIpc) is 2.99. The summed E-state index contributed by atoms with van der Waals surface area (Å²) in [4.78, 5) is 45.9. The minimum Gasteiger partial charge on any atom is -0.460 e. The maximum absolute atomic E-state index is 15.0. The number of fused-ring (bicyclic) bond motifs is 4. The predicted molar refractivity (Wildman–Crippen MR) is 174 cm³/mol. The first-order valence-corrected chi connectivity index (χ1v) is 15.7. The lowest BCUT2D eigenvalue weighted by atomic mass is 9.91. The van der Waals surface area contributed by atoms with Gasteiger partial charge in [0.25, 0.3) is 0 Å². The van der Waals surface area contributed by atoms with Crippen molar-refractivity contribution >= 4 is 40.6 Å². The standard InChI is InChI=1S/C36H36ClFN4O4/c1-21-6-5-7-30(42-15-13-24(19-31(42)43)33-25(20-39)9-11-27(37)34(33)38)29-18-23(12-14-40-29)26-10-8-22(16-28(26)41-35(21)45)17-32(44)46-36(2,3)4/h8-12,14,16,18-19,21,30H,5-7,13,15,17H2,1-4H3,(H,41,45)/t21-,30+/m1/s1. The molecule has 1 N–H and O–H groups in total. The number of carbonyl (C=O) groups excluding carboxylic acids is 3. The number of halogens is 2. The summed E-state index contributed by atoms with van der Waals surface area (Å²) in [7, 11) is 0. The lowest BCUT2D eigenvalue weighted by molar-refractivity contribution is -0.153. The Morgan fingerprint density at radius 2 is 1.96 bits per heavy atom. The molecule has 0 saturated heterocycles. The van der Waals surface area contributed by atoms with E-state index in [-0.39, 0.29) is 46.3 Å². The zero-order chi connectivity index (χ0) is 33.2. The fraction of sp³-hybridized carbons (Fsp3) is 0.361. The lowest BCUT2D eigenvalue weighted by Gasteiger charge is -2.34. The molecule has 3 heterocycles. The molecule has 3 aromatic rings. The molecule has 0 unspecified atom stereocenters. The van der Waals surface area contributed by atoms with Crippen LogP contribution in [0.2, 0.25) is 5.02 Å². The molecule has 2 aromatic carbocycles. The molecule has 0 fully saturated rings. The van der Waals surface area contributed by atoms with Crippen LogP contribution in [-0.4, -0.2) is 39.8 Å². The van der Waals surface area contributed by atoms with Crippen LogP contribution in [0.4, 0.5) is 10.1 Å². The number of esters is 1. The fourth-order valence-corrected chi connectivity index (χ4v) is 6.14. The number of carbonyl (C=O) groups is 3. The lowest BCUT2D eigenvalue weighted by Crippen LogP contribution is -2.38. The summed E-state index contributed by atoms with van der Waals surface area (Å²) in [5, 5.41) is 12.5. The molecule has 2 bridgehead atoms. The Balaban J connectivity index is 1.50. The van der Waals surface area contributed by atoms with Crippen LogP contribution in [0.1, 0.15) is 81.8 Å². The van der Waals surface area contributed by atoms with Gasteiger partial charge in [0.1, 0.15) is 5.60 Å². The van der Waals surface area contributed by atoms with Gasteiger partial charge in [-0.25, -0.2) is 4.39 Å². The summed E-state index contributed by atoms with van der Waals surface area (Å²) in [6, 6.07) is 13.7. The van der Waals surface area contributed by atoms with Crippen LogP contribution < -0.4 is 5.32 Å². The highest BCUT2D eigenvalue weighted by Crippen LogP contribution is 2.38. The number of ether oxygens (including phenoxy) is 1. The van der Waals surface area contributed by atoms with E-state index >= 15 is 4.39 Å². The van der Waals surface area contributed by atoms with Crippen molar-refractivity contribution in [2.24, 2.45) is 5.92 Å². The predicted octanol–water partition coefficient (Wildman–Crippen LogP) is 7.41. The summed E-state index contributed by atoms with van der Waals surface area (Å²) in [5.41, 5.74) is 3.51. The van der Waals surface area contributed by atoms with Crippen molar-refractivity contribution < 1.29 is 23.5 Å².